The van der Waals surface area contributed by atoms with E-state index < -0.39 is 0 Å². The van der Waals surface area contributed by atoms with E-state index in [1.165, 1.54) is 0 Å². The van der Waals surface area contributed by atoms with E-state index in [0.717, 1.165) is 10.9 Å². The van der Waals surface area contributed by atoms with Crippen LogP contribution in [0.2, 0.25) is 0 Å². The van der Waals surface area contributed by atoms with Gasteiger partial charge in [-0.25, -0.2) is 10.8 Å². The summed E-state index contributed by atoms with van der Waals surface area (Å²) in [5.74, 6) is 7.76. The number of nitrogens with zero attached hydrogens (tertiary/aromatic N) is 3. The van der Waals surface area contributed by atoms with Crippen molar-refractivity contribution in [2.24, 2.45) is 5.84 Å². The number of ether oxygens (including phenoxy) is 1. The highest BCUT2D eigenvalue weighted by atomic mass is 16.5. The Morgan fingerprint density at radius 2 is 2.10 bits per heavy atom. The molecule has 2 aromatic heterocycles. The predicted molar refractivity (Wildman–Crippen MR) is 81.0 cm³/mol. The number of aryl methyl sites for hydroxylation is 1. The summed E-state index contributed by atoms with van der Waals surface area (Å²) in [5.41, 5.74) is 3.39. The number of pyridine rings is 1. The van der Waals surface area contributed by atoms with Crippen LogP contribution in [0, 0.1) is 0 Å². The minimum Gasteiger partial charge on any atom is -0.438 e. The van der Waals surface area contributed by atoms with Gasteiger partial charge in [0.25, 0.3) is 0 Å². The number of fused-ring (bicyclic) bond motifs is 1. The molecule has 0 unspecified atom stereocenters. The lowest BCUT2D eigenvalue weighted by Crippen LogP contribution is -2.10. The van der Waals surface area contributed by atoms with Crippen molar-refractivity contribution in [2.75, 3.05) is 5.43 Å². The molecule has 3 aromatic rings. The van der Waals surface area contributed by atoms with Crippen LogP contribution in [0.25, 0.3) is 10.9 Å². The van der Waals surface area contributed by atoms with Crippen LogP contribution in [0.15, 0.2) is 42.6 Å². The van der Waals surface area contributed by atoms with Crippen LogP contribution < -0.4 is 16.0 Å². The van der Waals surface area contributed by atoms with Gasteiger partial charge in [0, 0.05) is 24.1 Å². The molecular formula is C15H15N5O. The second-order valence-electron chi connectivity index (χ2n) is 4.43. The second kappa shape index (κ2) is 5.72. The summed E-state index contributed by atoms with van der Waals surface area (Å²) in [4.78, 5) is 12.9. The zero-order valence-electron chi connectivity index (χ0n) is 11.6. The summed E-state index contributed by atoms with van der Waals surface area (Å²) in [5, 5.41) is 0.930. The summed E-state index contributed by atoms with van der Waals surface area (Å²) >= 11 is 0. The maximum Gasteiger partial charge on any atom is 0.224 e. The second-order valence-corrected chi connectivity index (χ2v) is 4.43. The molecule has 3 rings (SSSR count). The Hall–Kier alpha value is -2.73. The van der Waals surface area contributed by atoms with Crippen LogP contribution >= 0.6 is 0 Å². The first-order valence-electron chi connectivity index (χ1n) is 6.66. The summed E-state index contributed by atoms with van der Waals surface area (Å²) in [7, 11) is 0. The third-order valence-corrected chi connectivity index (χ3v) is 3.03. The molecule has 0 radical (unpaired) electrons. The molecule has 0 aliphatic carbocycles. The fourth-order valence-electron chi connectivity index (χ4n) is 2.03. The molecule has 1 aromatic carbocycles. The van der Waals surface area contributed by atoms with Gasteiger partial charge in [-0.2, -0.15) is 4.98 Å². The largest absolute Gasteiger partial charge is 0.438 e. The zero-order valence-corrected chi connectivity index (χ0v) is 11.6. The molecule has 0 bridgehead atoms. The molecule has 21 heavy (non-hydrogen) atoms. The highest BCUT2D eigenvalue weighted by Gasteiger charge is 2.08. The highest BCUT2D eigenvalue weighted by molar-refractivity contribution is 5.85. The Balaban J connectivity index is 2.02. The van der Waals surface area contributed by atoms with Crippen molar-refractivity contribution in [3.05, 3.63) is 48.4 Å². The van der Waals surface area contributed by atoms with Gasteiger partial charge >= 0.3 is 0 Å². The lowest BCUT2D eigenvalue weighted by molar-refractivity contribution is 0.464. The molecule has 6 nitrogen and oxygen atoms in total. The van der Waals surface area contributed by atoms with Crippen molar-refractivity contribution in [3.63, 3.8) is 0 Å². The Labute approximate surface area is 122 Å². The van der Waals surface area contributed by atoms with Crippen LogP contribution in [0.3, 0.4) is 0 Å². The van der Waals surface area contributed by atoms with E-state index in [1.807, 2.05) is 37.3 Å². The molecule has 2 heterocycles. The molecule has 0 fully saturated rings. The first kappa shape index (κ1) is 13.3. The van der Waals surface area contributed by atoms with Gasteiger partial charge in [0.15, 0.2) is 0 Å². The number of anilines is 1. The molecule has 0 aliphatic heterocycles. The van der Waals surface area contributed by atoms with Gasteiger partial charge in [-0.15, -0.1) is 0 Å². The van der Waals surface area contributed by atoms with Gasteiger partial charge in [0.1, 0.15) is 17.4 Å². The van der Waals surface area contributed by atoms with E-state index in [0.29, 0.717) is 29.7 Å². The number of nitrogen functional groups attached to an aromatic ring is 1. The topological polar surface area (TPSA) is 86.0 Å². The number of hydrazine groups is 1. The number of hydrogen-bond donors (Lipinski definition) is 2. The Bertz CT molecular complexity index is 747. The quantitative estimate of drug-likeness (QED) is 0.565. The van der Waals surface area contributed by atoms with Gasteiger partial charge in [0.2, 0.25) is 5.88 Å². The molecule has 3 N–H and O–H groups in total. The number of hydrogen-bond acceptors (Lipinski definition) is 6. The van der Waals surface area contributed by atoms with Crippen LogP contribution in [0.4, 0.5) is 5.82 Å². The van der Waals surface area contributed by atoms with E-state index >= 15 is 0 Å². The van der Waals surface area contributed by atoms with E-state index in [1.54, 1.807) is 12.3 Å². The lowest BCUT2D eigenvalue weighted by Gasteiger charge is -2.10. The minimum absolute atomic E-state index is 0.450. The van der Waals surface area contributed by atoms with E-state index in [-0.39, 0.29) is 0 Å². The van der Waals surface area contributed by atoms with Crippen molar-refractivity contribution in [2.45, 2.75) is 13.3 Å². The Kier molecular flexibility index (Phi) is 3.61. The Morgan fingerprint density at radius 1 is 1.19 bits per heavy atom. The van der Waals surface area contributed by atoms with Crippen molar-refractivity contribution >= 4 is 16.7 Å². The highest BCUT2D eigenvalue weighted by Crippen LogP contribution is 2.28. The van der Waals surface area contributed by atoms with Crippen molar-refractivity contribution in [1.29, 1.82) is 0 Å². The minimum atomic E-state index is 0.450. The third kappa shape index (κ3) is 2.75. The standard InChI is InChI=1S/C15H15N5O/c1-2-13-18-14(20-16)9-15(19-13)21-12-7-3-6-11-10(12)5-4-8-17-11/h3-9H,2,16H2,1H3,(H,18,19,20). The number of nitrogens with two attached hydrogens (primary N) is 1. The SMILES string of the molecule is CCc1nc(NN)cc(Oc2cccc3ncccc23)n1. The first-order chi connectivity index (χ1) is 10.3. The van der Waals surface area contributed by atoms with Crippen LogP contribution in [0.1, 0.15) is 12.7 Å². The lowest BCUT2D eigenvalue weighted by atomic mass is 10.2. The molecule has 0 amide bonds. The van der Waals surface area contributed by atoms with Crippen molar-refractivity contribution in [1.82, 2.24) is 15.0 Å². The number of benzene rings is 1. The maximum atomic E-state index is 5.89. The fourth-order valence-corrected chi connectivity index (χ4v) is 2.03. The molecule has 0 saturated carbocycles. The van der Waals surface area contributed by atoms with Gasteiger partial charge in [-0.05, 0) is 24.3 Å². The molecule has 0 spiro atoms. The van der Waals surface area contributed by atoms with Crippen LogP contribution in [-0.2, 0) is 6.42 Å². The average Bonchev–Trinajstić information content (AvgIpc) is 2.55. The first-order valence-corrected chi connectivity index (χ1v) is 6.66. The number of rotatable bonds is 4. The predicted octanol–water partition coefficient (Wildman–Crippen LogP) is 2.67. The molecule has 106 valence electrons. The van der Waals surface area contributed by atoms with Gasteiger partial charge in [-0.1, -0.05) is 13.0 Å². The van der Waals surface area contributed by atoms with Crippen LogP contribution in [-0.4, -0.2) is 15.0 Å². The van der Waals surface area contributed by atoms with Gasteiger partial charge in [0.05, 0.1) is 5.52 Å². The van der Waals surface area contributed by atoms with Crippen LogP contribution in [0.5, 0.6) is 11.6 Å². The Morgan fingerprint density at radius 3 is 2.90 bits per heavy atom. The van der Waals surface area contributed by atoms with Gasteiger partial charge < -0.3 is 10.2 Å². The molecular weight excluding hydrogens is 266 g/mol. The van der Waals surface area contributed by atoms with E-state index in [9.17, 15) is 0 Å². The molecule has 6 heteroatoms. The summed E-state index contributed by atoms with van der Waals surface area (Å²) in [6.07, 6.45) is 2.45. The fraction of sp³-hybridized carbons (Fsp3) is 0.133. The van der Waals surface area contributed by atoms with Crippen molar-refractivity contribution < 1.29 is 4.74 Å². The number of aromatic nitrogens is 3. The molecule has 0 atom stereocenters. The summed E-state index contributed by atoms with van der Waals surface area (Å²) in [6, 6.07) is 11.2. The molecule has 0 aliphatic rings. The molecule has 0 saturated heterocycles. The summed E-state index contributed by atoms with van der Waals surface area (Å²) < 4.78 is 5.89. The third-order valence-electron chi connectivity index (χ3n) is 3.03. The normalized spacial score (nSPS) is 10.6. The smallest absolute Gasteiger partial charge is 0.224 e. The van der Waals surface area contributed by atoms with Gasteiger partial charge in [-0.3, -0.25) is 4.98 Å². The summed E-state index contributed by atoms with van der Waals surface area (Å²) in [6.45, 7) is 1.97. The zero-order chi connectivity index (χ0) is 14.7. The monoisotopic (exact) mass is 281 g/mol. The van der Waals surface area contributed by atoms with E-state index in [2.05, 4.69) is 20.4 Å². The van der Waals surface area contributed by atoms with Crippen molar-refractivity contribution in [3.8, 4) is 11.6 Å². The maximum absolute atomic E-state index is 5.89. The number of nitrogens with one attached hydrogen (secondary N) is 1. The average molecular weight is 281 g/mol. The van der Waals surface area contributed by atoms with E-state index in [4.69, 9.17) is 10.6 Å².